The van der Waals surface area contributed by atoms with Crippen LogP contribution in [0.2, 0.25) is 5.15 Å². The number of aliphatic hydroxyl groups is 1. The van der Waals surface area contributed by atoms with Crippen molar-refractivity contribution in [3.63, 3.8) is 0 Å². The van der Waals surface area contributed by atoms with Gasteiger partial charge in [-0.2, -0.15) is 0 Å². The Morgan fingerprint density at radius 3 is 2.47 bits per heavy atom. The molecule has 5 heteroatoms. The van der Waals surface area contributed by atoms with Crippen LogP contribution in [0.15, 0.2) is 5.03 Å². The predicted octanol–water partition coefficient (Wildman–Crippen LogP) is 2.61. The van der Waals surface area contributed by atoms with E-state index in [1.54, 1.807) is 6.92 Å². The highest BCUT2D eigenvalue weighted by Crippen LogP contribution is 2.34. The summed E-state index contributed by atoms with van der Waals surface area (Å²) in [4.78, 5) is 8.39. The van der Waals surface area contributed by atoms with E-state index in [9.17, 15) is 5.11 Å². The highest BCUT2D eigenvalue weighted by molar-refractivity contribution is 8.00. The molecule has 3 nitrogen and oxygen atoms in total. The molecule has 15 heavy (non-hydrogen) atoms. The fraction of sp³-hybridized carbons (Fsp3) is 0.600. The van der Waals surface area contributed by atoms with Crippen molar-refractivity contribution >= 4 is 23.4 Å². The van der Waals surface area contributed by atoms with E-state index < -0.39 is 0 Å². The van der Waals surface area contributed by atoms with E-state index in [0.29, 0.717) is 11.0 Å². The maximum atomic E-state index is 9.19. The van der Waals surface area contributed by atoms with Crippen LogP contribution in [0.25, 0.3) is 0 Å². The summed E-state index contributed by atoms with van der Waals surface area (Å²) < 4.78 is -0.255. The molecule has 0 aliphatic rings. The number of hydrogen-bond donors (Lipinski definition) is 1. The minimum absolute atomic E-state index is 0.0950. The molecule has 0 atom stereocenters. The van der Waals surface area contributed by atoms with Crippen molar-refractivity contribution in [2.24, 2.45) is 0 Å². The molecule has 84 valence electrons. The van der Waals surface area contributed by atoms with Gasteiger partial charge in [-0.1, -0.05) is 23.4 Å². The number of nitrogens with zero attached hydrogens (tertiary/aromatic N) is 2. The Balaban J connectivity index is 3.05. The van der Waals surface area contributed by atoms with Crippen molar-refractivity contribution in [2.45, 2.75) is 37.5 Å². The summed E-state index contributed by atoms with van der Waals surface area (Å²) in [5.74, 6) is 0.654. The van der Waals surface area contributed by atoms with Crippen LogP contribution < -0.4 is 0 Å². The first-order chi connectivity index (χ1) is 6.85. The first-order valence-electron chi connectivity index (χ1n) is 4.66. The maximum absolute atomic E-state index is 9.19. The second kappa shape index (κ2) is 4.68. The largest absolute Gasteiger partial charge is 0.395 e. The van der Waals surface area contributed by atoms with Gasteiger partial charge in [0, 0.05) is 10.3 Å². The van der Waals surface area contributed by atoms with Crippen LogP contribution in [-0.4, -0.2) is 26.4 Å². The number of thioether (sulfide) groups is 1. The van der Waals surface area contributed by atoms with Gasteiger partial charge in [-0.25, -0.2) is 9.97 Å². The van der Waals surface area contributed by atoms with Crippen molar-refractivity contribution in [3.05, 3.63) is 16.5 Å². The number of hydrogen-bond acceptors (Lipinski definition) is 4. The highest BCUT2D eigenvalue weighted by atomic mass is 35.5. The Kier molecular flexibility index (Phi) is 3.98. The van der Waals surface area contributed by atoms with Crippen molar-refractivity contribution in [2.75, 3.05) is 6.61 Å². The van der Waals surface area contributed by atoms with Gasteiger partial charge in [-0.15, -0.1) is 0 Å². The van der Waals surface area contributed by atoms with Crippen molar-refractivity contribution in [1.29, 1.82) is 0 Å². The number of rotatable bonds is 3. The van der Waals surface area contributed by atoms with Gasteiger partial charge in [-0.05, 0) is 27.7 Å². The van der Waals surface area contributed by atoms with Crippen molar-refractivity contribution in [1.82, 2.24) is 9.97 Å². The van der Waals surface area contributed by atoms with Gasteiger partial charge in [0.2, 0.25) is 0 Å². The summed E-state index contributed by atoms with van der Waals surface area (Å²) >= 11 is 7.48. The molecule has 0 aliphatic heterocycles. The highest BCUT2D eigenvalue weighted by Gasteiger charge is 2.21. The summed E-state index contributed by atoms with van der Waals surface area (Å²) in [6, 6.07) is 0. The van der Waals surface area contributed by atoms with Crippen LogP contribution in [0, 0.1) is 13.8 Å². The average Bonchev–Trinajstić information content (AvgIpc) is 2.13. The second-order valence-corrected chi connectivity index (χ2v) is 6.07. The van der Waals surface area contributed by atoms with E-state index in [4.69, 9.17) is 11.6 Å². The third kappa shape index (κ3) is 3.33. The summed E-state index contributed by atoms with van der Waals surface area (Å²) in [6.45, 7) is 7.71. The third-order valence-electron chi connectivity index (χ3n) is 1.91. The van der Waals surface area contributed by atoms with Crippen LogP contribution in [0.3, 0.4) is 0 Å². The smallest absolute Gasteiger partial charge is 0.136 e. The van der Waals surface area contributed by atoms with Crippen LogP contribution in [0.4, 0.5) is 0 Å². The molecule has 0 bridgehead atoms. The van der Waals surface area contributed by atoms with Gasteiger partial charge in [0.15, 0.2) is 0 Å². The molecule has 0 amide bonds. The van der Waals surface area contributed by atoms with Crippen molar-refractivity contribution < 1.29 is 5.11 Å². The Hall–Kier alpha value is -0.320. The van der Waals surface area contributed by atoms with Gasteiger partial charge < -0.3 is 5.11 Å². The Bertz CT molecular complexity index is 369. The molecule has 0 unspecified atom stereocenters. The molecule has 1 heterocycles. The SMILES string of the molecule is Cc1nc(Cl)c(C)c(SC(C)(C)CO)n1. The first kappa shape index (κ1) is 12.7. The molecule has 1 aromatic rings. The Morgan fingerprint density at radius 2 is 1.93 bits per heavy atom. The number of halogens is 1. The van der Waals surface area contributed by atoms with Gasteiger partial charge in [-0.3, -0.25) is 0 Å². The van der Waals surface area contributed by atoms with Gasteiger partial charge in [0.25, 0.3) is 0 Å². The summed E-state index contributed by atoms with van der Waals surface area (Å²) in [5.41, 5.74) is 0.869. The number of aryl methyl sites for hydroxylation is 1. The molecule has 0 fully saturated rings. The van der Waals surface area contributed by atoms with E-state index >= 15 is 0 Å². The standard InChI is InChI=1S/C10H15ClN2OS/c1-6-8(11)12-7(2)13-9(6)15-10(3,4)5-14/h14H,5H2,1-4H3. The molecule has 0 saturated carbocycles. The molecule has 0 saturated heterocycles. The molecule has 1 N–H and O–H groups in total. The number of aliphatic hydroxyl groups excluding tert-OH is 1. The molecule has 1 aromatic heterocycles. The fourth-order valence-electron chi connectivity index (χ4n) is 0.963. The normalized spacial score (nSPS) is 11.9. The van der Waals surface area contributed by atoms with Gasteiger partial charge >= 0.3 is 0 Å². The quantitative estimate of drug-likeness (QED) is 0.658. The summed E-state index contributed by atoms with van der Waals surface area (Å²) in [5, 5.41) is 10.5. The topological polar surface area (TPSA) is 46.0 Å². The van der Waals surface area contributed by atoms with E-state index in [2.05, 4.69) is 9.97 Å². The lowest BCUT2D eigenvalue weighted by Gasteiger charge is -2.21. The zero-order valence-electron chi connectivity index (χ0n) is 9.33. The van der Waals surface area contributed by atoms with Crippen LogP contribution in [0.5, 0.6) is 0 Å². The van der Waals surface area contributed by atoms with Crippen LogP contribution in [0.1, 0.15) is 25.2 Å². The molecule has 0 radical (unpaired) electrons. The summed E-state index contributed by atoms with van der Waals surface area (Å²) in [7, 11) is 0. The molecule has 0 spiro atoms. The molecule has 1 rings (SSSR count). The molecular formula is C10H15ClN2OS. The minimum atomic E-state index is -0.255. The van der Waals surface area contributed by atoms with Crippen LogP contribution in [-0.2, 0) is 0 Å². The lowest BCUT2D eigenvalue weighted by atomic mass is 10.2. The summed E-state index contributed by atoms with van der Waals surface area (Å²) in [6.07, 6.45) is 0. The zero-order chi connectivity index (χ0) is 11.6. The lowest BCUT2D eigenvalue weighted by molar-refractivity contribution is 0.265. The monoisotopic (exact) mass is 246 g/mol. The predicted molar refractivity (Wildman–Crippen MR) is 63.5 cm³/mol. The molecule has 0 aromatic carbocycles. The van der Waals surface area contributed by atoms with Crippen LogP contribution >= 0.6 is 23.4 Å². The third-order valence-corrected chi connectivity index (χ3v) is 3.55. The van der Waals surface area contributed by atoms with Gasteiger partial charge in [0.05, 0.1) is 6.61 Å². The Labute approximate surface area is 99.3 Å². The maximum Gasteiger partial charge on any atom is 0.136 e. The van der Waals surface area contributed by atoms with Crippen molar-refractivity contribution in [3.8, 4) is 0 Å². The van der Waals surface area contributed by atoms with E-state index in [1.165, 1.54) is 11.8 Å². The minimum Gasteiger partial charge on any atom is -0.395 e. The Morgan fingerprint density at radius 1 is 1.33 bits per heavy atom. The van der Waals surface area contributed by atoms with E-state index in [-0.39, 0.29) is 11.4 Å². The average molecular weight is 247 g/mol. The second-order valence-electron chi connectivity index (χ2n) is 4.01. The van der Waals surface area contributed by atoms with E-state index in [1.807, 2.05) is 20.8 Å². The number of aromatic nitrogens is 2. The van der Waals surface area contributed by atoms with Gasteiger partial charge in [0.1, 0.15) is 16.0 Å². The molecular weight excluding hydrogens is 232 g/mol. The fourth-order valence-corrected chi connectivity index (χ4v) is 2.25. The lowest BCUT2D eigenvalue weighted by Crippen LogP contribution is -2.20. The molecule has 0 aliphatic carbocycles. The zero-order valence-corrected chi connectivity index (χ0v) is 10.9. The first-order valence-corrected chi connectivity index (χ1v) is 5.86. The van der Waals surface area contributed by atoms with E-state index in [0.717, 1.165) is 10.6 Å².